The van der Waals surface area contributed by atoms with Crippen molar-refractivity contribution in [1.29, 1.82) is 0 Å². The Morgan fingerprint density at radius 1 is 1.22 bits per heavy atom. The molecule has 18 heavy (non-hydrogen) atoms. The smallest absolute Gasteiger partial charge is 0.323 e. The van der Waals surface area contributed by atoms with Crippen molar-refractivity contribution >= 4 is 16.7 Å². The lowest BCUT2D eigenvalue weighted by atomic mass is 10.1. The summed E-state index contributed by atoms with van der Waals surface area (Å²) in [5.41, 5.74) is 2.61. The maximum Gasteiger partial charge on any atom is 0.323 e. The molecule has 2 aromatic rings. The molecule has 0 saturated heterocycles. The molecular formula is C14H21N3O. The molecular weight excluding hydrogens is 226 g/mol. The van der Waals surface area contributed by atoms with Crippen molar-refractivity contribution < 1.29 is 0 Å². The molecule has 1 aromatic heterocycles. The van der Waals surface area contributed by atoms with Crippen LogP contribution < -0.4 is 11.0 Å². The van der Waals surface area contributed by atoms with Crippen molar-refractivity contribution in [3.8, 4) is 0 Å². The zero-order chi connectivity index (χ0) is 13.0. The van der Waals surface area contributed by atoms with Gasteiger partial charge in [-0.1, -0.05) is 26.2 Å². The van der Waals surface area contributed by atoms with Gasteiger partial charge in [0.25, 0.3) is 0 Å². The van der Waals surface area contributed by atoms with Crippen LogP contribution in [0.1, 0.15) is 39.5 Å². The van der Waals surface area contributed by atoms with Gasteiger partial charge in [-0.2, -0.15) is 0 Å². The fourth-order valence-electron chi connectivity index (χ4n) is 2.18. The first-order valence-corrected chi connectivity index (χ1v) is 6.67. The standard InChI is InChI=1S/C14H21N3O/c1-3-4-5-6-10(2)15-11-7-8-12-13(9-11)17-14(18)16-12/h7-10,15H,3-6H2,1-2H3,(H2,16,17,18). The molecule has 0 amide bonds. The molecule has 0 spiro atoms. The van der Waals surface area contributed by atoms with Crippen LogP contribution in [0.15, 0.2) is 23.0 Å². The van der Waals surface area contributed by atoms with Gasteiger partial charge in [-0.25, -0.2) is 4.79 Å². The van der Waals surface area contributed by atoms with Crippen LogP contribution in [0, 0.1) is 0 Å². The number of benzene rings is 1. The van der Waals surface area contributed by atoms with Gasteiger partial charge in [-0.3, -0.25) is 0 Å². The molecule has 0 bridgehead atoms. The van der Waals surface area contributed by atoms with E-state index in [1.807, 2.05) is 18.2 Å². The topological polar surface area (TPSA) is 60.7 Å². The van der Waals surface area contributed by atoms with Gasteiger partial charge in [0.15, 0.2) is 0 Å². The zero-order valence-corrected chi connectivity index (χ0v) is 11.0. The Bertz CT molecular complexity index is 555. The first-order chi connectivity index (χ1) is 8.69. The number of nitrogens with one attached hydrogen (secondary N) is 3. The van der Waals surface area contributed by atoms with Gasteiger partial charge in [-0.15, -0.1) is 0 Å². The Labute approximate surface area is 107 Å². The normalized spacial score (nSPS) is 12.8. The lowest BCUT2D eigenvalue weighted by Crippen LogP contribution is -2.14. The highest BCUT2D eigenvalue weighted by atomic mass is 16.1. The molecule has 1 unspecified atom stereocenters. The van der Waals surface area contributed by atoms with E-state index >= 15 is 0 Å². The minimum absolute atomic E-state index is 0.154. The van der Waals surface area contributed by atoms with E-state index in [4.69, 9.17) is 0 Å². The molecule has 0 fully saturated rings. The molecule has 0 aliphatic rings. The first-order valence-electron chi connectivity index (χ1n) is 6.67. The third-order valence-electron chi connectivity index (χ3n) is 3.17. The molecule has 0 radical (unpaired) electrons. The summed E-state index contributed by atoms with van der Waals surface area (Å²) < 4.78 is 0. The van der Waals surface area contributed by atoms with E-state index in [1.165, 1.54) is 25.7 Å². The van der Waals surface area contributed by atoms with Crippen LogP contribution in [0.25, 0.3) is 11.0 Å². The second-order valence-electron chi connectivity index (χ2n) is 4.88. The van der Waals surface area contributed by atoms with Gasteiger partial charge in [0.05, 0.1) is 11.0 Å². The van der Waals surface area contributed by atoms with Crippen LogP contribution >= 0.6 is 0 Å². The lowest BCUT2D eigenvalue weighted by molar-refractivity contribution is 0.615. The maximum absolute atomic E-state index is 11.2. The van der Waals surface area contributed by atoms with Gasteiger partial charge in [0.2, 0.25) is 0 Å². The van der Waals surface area contributed by atoms with Crippen molar-refractivity contribution in [2.24, 2.45) is 0 Å². The maximum atomic E-state index is 11.2. The molecule has 0 saturated carbocycles. The van der Waals surface area contributed by atoms with Gasteiger partial charge >= 0.3 is 5.69 Å². The van der Waals surface area contributed by atoms with Gasteiger partial charge in [0, 0.05) is 11.7 Å². The van der Waals surface area contributed by atoms with Crippen LogP contribution in [0.4, 0.5) is 5.69 Å². The molecule has 98 valence electrons. The highest BCUT2D eigenvalue weighted by Crippen LogP contribution is 2.16. The molecule has 3 N–H and O–H groups in total. The van der Waals surface area contributed by atoms with Crippen LogP contribution in [-0.4, -0.2) is 16.0 Å². The van der Waals surface area contributed by atoms with E-state index in [0.29, 0.717) is 6.04 Å². The van der Waals surface area contributed by atoms with E-state index in [9.17, 15) is 4.79 Å². The predicted octanol–water partition coefficient (Wildman–Crippen LogP) is 3.24. The quantitative estimate of drug-likeness (QED) is 0.686. The molecule has 4 nitrogen and oxygen atoms in total. The molecule has 4 heteroatoms. The summed E-state index contributed by atoms with van der Waals surface area (Å²) >= 11 is 0. The third-order valence-corrected chi connectivity index (χ3v) is 3.17. The minimum atomic E-state index is -0.154. The average molecular weight is 247 g/mol. The highest BCUT2D eigenvalue weighted by molar-refractivity contribution is 5.78. The summed E-state index contributed by atoms with van der Waals surface area (Å²) in [4.78, 5) is 16.7. The SMILES string of the molecule is CCCCCC(C)Nc1ccc2[nH]c(=O)[nH]c2c1. The summed E-state index contributed by atoms with van der Waals surface area (Å²) in [6.07, 6.45) is 4.98. The monoisotopic (exact) mass is 247 g/mol. The van der Waals surface area contributed by atoms with Gasteiger partial charge in [0.1, 0.15) is 0 Å². The van der Waals surface area contributed by atoms with Gasteiger partial charge < -0.3 is 15.3 Å². The Hall–Kier alpha value is -1.71. The number of unbranched alkanes of at least 4 members (excludes halogenated alkanes) is 2. The predicted molar refractivity (Wildman–Crippen MR) is 76.1 cm³/mol. The number of anilines is 1. The van der Waals surface area contributed by atoms with Crippen LogP contribution in [0.5, 0.6) is 0 Å². The van der Waals surface area contributed by atoms with E-state index in [0.717, 1.165) is 16.7 Å². The molecule has 2 rings (SSSR count). The van der Waals surface area contributed by atoms with Crippen molar-refractivity contribution in [2.45, 2.75) is 45.6 Å². The number of aromatic amines is 2. The first kappa shape index (κ1) is 12.7. The summed E-state index contributed by atoms with van der Waals surface area (Å²) in [6, 6.07) is 6.36. The highest BCUT2D eigenvalue weighted by Gasteiger charge is 2.03. The van der Waals surface area contributed by atoms with E-state index in [2.05, 4.69) is 29.1 Å². The zero-order valence-electron chi connectivity index (χ0n) is 11.0. The number of aromatic nitrogens is 2. The van der Waals surface area contributed by atoms with Crippen molar-refractivity contribution in [3.05, 3.63) is 28.7 Å². The second-order valence-corrected chi connectivity index (χ2v) is 4.88. The average Bonchev–Trinajstić information content (AvgIpc) is 2.69. The number of rotatable bonds is 6. The molecule has 0 aliphatic heterocycles. The van der Waals surface area contributed by atoms with Crippen molar-refractivity contribution in [2.75, 3.05) is 5.32 Å². The largest absolute Gasteiger partial charge is 0.383 e. The molecule has 1 aromatic carbocycles. The van der Waals surface area contributed by atoms with Gasteiger partial charge in [-0.05, 0) is 31.5 Å². The fraction of sp³-hybridized carbons (Fsp3) is 0.500. The number of hydrogen-bond donors (Lipinski definition) is 3. The van der Waals surface area contributed by atoms with Crippen molar-refractivity contribution in [3.63, 3.8) is 0 Å². The second kappa shape index (κ2) is 5.76. The number of fused-ring (bicyclic) bond motifs is 1. The van der Waals surface area contributed by atoms with E-state index in [-0.39, 0.29) is 5.69 Å². The van der Waals surface area contributed by atoms with Crippen LogP contribution in [0.2, 0.25) is 0 Å². The van der Waals surface area contributed by atoms with Crippen LogP contribution in [0.3, 0.4) is 0 Å². The molecule has 0 aliphatic carbocycles. The van der Waals surface area contributed by atoms with Crippen LogP contribution in [-0.2, 0) is 0 Å². The number of imidazole rings is 1. The van der Waals surface area contributed by atoms with E-state index < -0.39 is 0 Å². The molecule has 1 atom stereocenters. The summed E-state index contributed by atoms with van der Waals surface area (Å²) in [5.74, 6) is 0. The Kier molecular flexibility index (Phi) is 4.07. The number of hydrogen-bond acceptors (Lipinski definition) is 2. The Balaban J connectivity index is 2.00. The molecule has 1 heterocycles. The Morgan fingerprint density at radius 2 is 2.00 bits per heavy atom. The Morgan fingerprint density at radius 3 is 2.78 bits per heavy atom. The summed E-state index contributed by atoms with van der Waals surface area (Å²) in [6.45, 7) is 4.41. The number of H-pyrrole nitrogens is 2. The van der Waals surface area contributed by atoms with E-state index in [1.54, 1.807) is 0 Å². The van der Waals surface area contributed by atoms with Crippen molar-refractivity contribution in [1.82, 2.24) is 9.97 Å². The summed E-state index contributed by atoms with van der Waals surface area (Å²) in [7, 11) is 0. The third kappa shape index (κ3) is 3.15. The lowest BCUT2D eigenvalue weighted by Gasteiger charge is -2.14. The fourth-order valence-corrected chi connectivity index (χ4v) is 2.18. The minimum Gasteiger partial charge on any atom is -0.383 e. The summed E-state index contributed by atoms with van der Waals surface area (Å²) in [5, 5.41) is 3.47.